The molecule has 9 rings (SSSR count). The van der Waals surface area contributed by atoms with Crippen LogP contribution in [0, 0.1) is 11.8 Å². The number of aryl methyl sites for hydroxylation is 1. The number of anilines is 1. The molecule has 5 aliphatic rings. The third-order valence-corrected chi connectivity index (χ3v) is 13.4. The third kappa shape index (κ3) is 5.69. The van der Waals surface area contributed by atoms with E-state index < -0.39 is 18.2 Å². The molecule has 0 spiro atoms. The Morgan fingerprint density at radius 2 is 1.71 bits per heavy atom. The van der Waals surface area contributed by atoms with Gasteiger partial charge in [-0.3, -0.25) is 5.32 Å². The number of aliphatic hydroxyl groups is 3. The van der Waals surface area contributed by atoms with Crippen molar-refractivity contribution in [3.63, 3.8) is 0 Å². The van der Waals surface area contributed by atoms with E-state index in [0.717, 1.165) is 66.6 Å². The Morgan fingerprint density at radius 1 is 0.911 bits per heavy atom. The summed E-state index contributed by atoms with van der Waals surface area (Å²) < 4.78 is 30.6. The number of aromatic hydroxyl groups is 1. The number of rotatable bonds is 12. The van der Waals surface area contributed by atoms with E-state index in [0.29, 0.717) is 52.7 Å². The maximum atomic E-state index is 12.4. The first-order valence-electron chi connectivity index (χ1n) is 20.1. The van der Waals surface area contributed by atoms with E-state index in [2.05, 4.69) is 34.9 Å². The van der Waals surface area contributed by atoms with E-state index >= 15 is 0 Å². The number of nitrogens with one attached hydrogen (secondary N) is 2. The Bertz CT molecular complexity index is 2160. The van der Waals surface area contributed by atoms with Gasteiger partial charge in [-0.1, -0.05) is 37.6 Å². The fraction of sp³-hybridized carbons (Fsp3) is 0.467. The van der Waals surface area contributed by atoms with Gasteiger partial charge in [-0.2, -0.15) is 0 Å². The summed E-state index contributed by atoms with van der Waals surface area (Å²) in [6.07, 6.45) is 4.65. The van der Waals surface area contributed by atoms with Crippen molar-refractivity contribution in [2.75, 3.05) is 52.6 Å². The molecule has 296 valence electrons. The molecule has 56 heavy (non-hydrogen) atoms. The fourth-order valence-corrected chi connectivity index (χ4v) is 10.9. The second-order valence-corrected chi connectivity index (χ2v) is 15.9. The molecule has 0 amide bonds. The van der Waals surface area contributed by atoms with Crippen molar-refractivity contribution in [2.45, 2.75) is 75.5 Å². The highest BCUT2D eigenvalue weighted by molar-refractivity contribution is 5.93. The minimum absolute atomic E-state index is 0.0344. The van der Waals surface area contributed by atoms with Crippen LogP contribution in [0.4, 0.5) is 5.69 Å². The molecule has 0 saturated heterocycles. The molecule has 0 aromatic heterocycles. The zero-order valence-electron chi connectivity index (χ0n) is 32.3. The maximum absolute atomic E-state index is 12.4. The van der Waals surface area contributed by atoms with Gasteiger partial charge >= 0.3 is 0 Å². The second-order valence-electron chi connectivity index (χ2n) is 15.9. The zero-order valence-corrected chi connectivity index (χ0v) is 32.3. The molecular weight excluding hydrogens is 712 g/mol. The Hall–Kier alpha value is -4.68. The average Bonchev–Trinajstić information content (AvgIpc) is 3.66. The molecule has 6 N–H and O–H groups in total. The Balaban J connectivity index is 1.06. The van der Waals surface area contributed by atoms with Gasteiger partial charge in [0.1, 0.15) is 24.0 Å². The molecule has 6 atom stereocenters. The van der Waals surface area contributed by atoms with E-state index in [1.807, 2.05) is 19.1 Å². The largest absolute Gasteiger partial charge is 0.502 e. The number of fused-ring (bicyclic) bond motifs is 5. The first kappa shape index (κ1) is 36.9. The summed E-state index contributed by atoms with van der Waals surface area (Å²) in [5, 5.41) is 52.6. The molecule has 1 saturated carbocycles. The Kier molecular flexibility index (Phi) is 9.68. The van der Waals surface area contributed by atoms with Gasteiger partial charge in [-0.25, -0.2) is 0 Å². The molecule has 4 aromatic carbocycles. The lowest BCUT2D eigenvalue weighted by molar-refractivity contribution is 0.0633. The summed E-state index contributed by atoms with van der Waals surface area (Å²) in [6.45, 7) is 3.35. The number of benzene rings is 4. The van der Waals surface area contributed by atoms with Crippen LogP contribution < -0.4 is 34.3 Å². The predicted molar refractivity (Wildman–Crippen MR) is 211 cm³/mol. The zero-order chi connectivity index (χ0) is 38.7. The van der Waals surface area contributed by atoms with Crippen molar-refractivity contribution in [1.29, 1.82) is 0 Å². The van der Waals surface area contributed by atoms with Crippen molar-refractivity contribution in [3.8, 4) is 45.6 Å². The van der Waals surface area contributed by atoms with Crippen LogP contribution in [0.15, 0.2) is 48.5 Å². The number of phenols is 1. The van der Waals surface area contributed by atoms with Crippen molar-refractivity contribution >= 4 is 5.69 Å². The summed E-state index contributed by atoms with van der Waals surface area (Å²) in [5.41, 5.74) is 8.95. The van der Waals surface area contributed by atoms with Crippen LogP contribution in [0.25, 0.3) is 11.1 Å². The van der Waals surface area contributed by atoms with Gasteiger partial charge in [0.05, 0.1) is 45.7 Å². The van der Waals surface area contributed by atoms with Crippen LogP contribution in [0.1, 0.15) is 89.8 Å². The Labute approximate surface area is 327 Å². The van der Waals surface area contributed by atoms with E-state index in [1.54, 1.807) is 19.2 Å². The molecule has 2 heterocycles. The standard InChI is InChI=1S/C45H52N2O9/c1-4-46-23-56-35-19-33(52-2)28-13-14-29-38-32(47-44(51)41(35)40(28)38)18-34-39(29)42(49)30(22-55-34)25-16-36(53-3)43(50)37(17-25)54-21-27(20-48)45-15-7-9-26(45)12-11-24-8-5-6-10-31(24)45/h5-6,8,10,16-19,26-27,30,42,44,46-51H,4,7,9,11-15,20-23H2,1-3H3. The van der Waals surface area contributed by atoms with Crippen LogP contribution in [0.3, 0.4) is 0 Å². The lowest BCUT2D eigenvalue weighted by Crippen LogP contribution is -2.46. The molecule has 0 bridgehead atoms. The normalized spacial score (nSPS) is 24.4. The molecule has 0 radical (unpaired) electrons. The summed E-state index contributed by atoms with van der Waals surface area (Å²) in [5.74, 6) is 1.91. The van der Waals surface area contributed by atoms with E-state index in [9.17, 15) is 20.4 Å². The fourth-order valence-electron chi connectivity index (χ4n) is 10.9. The van der Waals surface area contributed by atoms with Crippen molar-refractivity contribution in [3.05, 3.63) is 87.5 Å². The summed E-state index contributed by atoms with van der Waals surface area (Å²) >= 11 is 0. The predicted octanol–water partition coefficient (Wildman–Crippen LogP) is 6.42. The Morgan fingerprint density at radius 3 is 2.52 bits per heavy atom. The molecule has 6 unspecified atom stereocenters. The highest BCUT2D eigenvalue weighted by Crippen LogP contribution is 2.59. The summed E-state index contributed by atoms with van der Waals surface area (Å²) in [7, 11) is 3.14. The molecular formula is C45H52N2O9. The van der Waals surface area contributed by atoms with Gasteiger partial charge in [-0.15, -0.1) is 0 Å². The number of hydrogen-bond acceptors (Lipinski definition) is 11. The van der Waals surface area contributed by atoms with Gasteiger partial charge in [0.15, 0.2) is 17.7 Å². The van der Waals surface area contributed by atoms with Gasteiger partial charge in [0, 0.05) is 57.3 Å². The molecule has 11 nitrogen and oxygen atoms in total. The van der Waals surface area contributed by atoms with Gasteiger partial charge < -0.3 is 49.4 Å². The molecule has 2 aliphatic heterocycles. The van der Waals surface area contributed by atoms with E-state index in [-0.39, 0.29) is 55.1 Å². The van der Waals surface area contributed by atoms with Gasteiger partial charge in [0.25, 0.3) is 0 Å². The highest BCUT2D eigenvalue weighted by atomic mass is 16.5. The lowest BCUT2D eigenvalue weighted by atomic mass is 9.59. The number of phenolic OH excluding ortho intramolecular Hbond substituents is 1. The smallest absolute Gasteiger partial charge is 0.200 e. The van der Waals surface area contributed by atoms with Crippen LogP contribution in [-0.2, 0) is 24.7 Å². The first-order valence-corrected chi connectivity index (χ1v) is 20.1. The topological polar surface area (TPSA) is 151 Å². The third-order valence-electron chi connectivity index (χ3n) is 13.4. The quantitative estimate of drug-likeness (QED) is 0.0701. The summed E-state index contributed by atoms with van der Waals surface area (Å²) in [6, 6.07) is 15.9. The van der Waals surface area contributed by atoms with Crippen LogP contribution in [0.5, 0.6) is 34.5 Å². The first-order chi connectivity index (χ1) is 27.3. The minimum atomic E-state index is -1.02. The van der Waals surface area contributed by atoms with Gasteiger partial charge in [-0.05, 0) is 85.4 Å². The molecule has 1 fully saturated rings. The SMILES string of the molecule is CCNCOc1cc(OC)c2c3c1C(O)Nc1cc4c(c(c1-3)CC2)C(O)C(c1cc(OC)c(O)c(OCC(CO)C23CCCC2CCc2ccccc23)c1)CO4. The van der Waals surface area contributed by atoms with E-state index in [1.165, 1.54) is 18.2 Å². The summed E-state index contributed by atoms with van der Waals surface area (Å²) in [4.78, 5) is 0. The van der Waals surface area contributed by atoms with Crippen LogP contribution in [-0.4, -0.2) is 67.7 Å². The minimum Gasteiger partial charge on any atom is -0.502 e. The highest BCUT2D eigenvalue weighted by Gasteiger charge is 2.52. The molecule has 4 aromatic rings. The number of hydrogen-bond donors (Lipinski definition) is 6. The maximum Gasteiger partial charge on any atom is 0.200 e. The van der Waals surface area contributed by atoms with E-state index in [4.69, 9.17) is 23.7 Å². The molecule has 3 aliphatic carbocycles. The number of ether oxygens (including phenoxy) is 5. The van der Waals surface area contributed by atoms with Crippen LogP contribution >= 0.6 is 0 Å². The van der Waals surface area contributed by atoms with Crippen LogP contribution in [0.2, 0.25) is 0 Å². The average molecular weight is 765 g/mol. The van der Waals surface area contributed by atoms with Crippen molar-refractivity contribution < 1.29 is 44.1 Å². The number of methoxy groups -OCH3 is 2. The van der Waals surface area contributed by atoms with Gasteiger partial charge in [0.2, 0.25) is 5.75 Å². The molecule has 11 heteroatoms. The van der Waals surface area contributed by atoms with Crippen molar-refractivity contribution in [1.82, 2.24) is 5.32 Å². The lowest BCUT2D eigenvalue weighted by Gasteiger charge is -2.46. The monoisotopic (exact) mass is 764 g/mol. The second kappa shape index (κ2) is 14.7. The number of aliphatic hydroxyl groups excluding tert-OH is 3. The van der Waals surface area contributed by atoms with Crippen molar-refractivity contribution in [2.24, 2.45) is 11.8 Å².